The van der Waals surface area contributed by atoms with Gasteiger partial charge in [-0.25, -0.2) is 0 Å². The minimum atomic E-state index is 0.121. The zero-order chi connectivity index (χ0) is 13.4. The summed E-state index contributed by atoms with van der Waals surface area (Å²) in [5, 5.41) is 6.47. The molecule has 102 valence electrons. The molecule has 1 heterocycles. The topological polar surface area (TPSA) is 41.1 Å². The third-order valence-electron chi connectivity index (χ3n) is 4.63. The van der Waals surface area contributed by atoms with Crippen molar-refractivity contribution in [3.63, 3.8) is 0 Å². The lowest BCUT2D eigenvalue weighted by Crippen LogP contribution is -2.49. The molecule has 2 unspecified atom stereocenters. The van der Waals surface area contributed by atoms with Crippen LogP contribution in [0.1, 0.15) is 36.1 Å². The summed E-state index contributed by atoms with van der Waals surface area (Å²) in [5.74, 6) is 0.847. The number of amides is 1. The van der Waals surface area contributed by atoms with Crippen molar-refractivity contribution in [2.45, 2.75) is 32.7 Å². The summed E-state index contributed by atoms with van der Waals surface area (Å²) < 4.78 is 0. The van der Waals surface area contributed by atoms with Crippen molar-refractivity contribution < 1.29 is 4.79 Å². The van der Waals surface area contributed by atoms with E-state index in [1.165, 1.54) is 16.7 Å². The lowest BCUT2D eigenvalue weighted by molar-refractivity contribution is -0.127. The molecule has 1 saturated heterocycles. The van der Waals surface area contributed by atoms with Crippen molar-refractivity contribution in [2.24, 2.45) is 11.8 Å². The Kier molecular flexibility index (Phi) is 3.31. The van der Waals surface area contributed by atoms with Gasteiger partial charge in [0, 0.05) is 5.92 Å². The molecule has 2 N–H and O–H groups in total. The second-order valence-electron chi connectivity index (χ2n) is 6.01. The molecule has 1 amide bonds. The fraction of sp³-hybridized carbons (Fsp3) is 0.562. The maximum Gasteiger partial charge on any atom is 0.223 e. The molecule has 3 nitrogen and oxygen atoms in total. The molecule has 0 aromatic heterocycles. The minimum Gasteiger partial charge on any atom is -0.349 e. The van der Waals surface area contributed by atoms with Crippen LogP contribution in [0.25, 0.3) is 0 Å². The maximum absolute atomic E-state index is 12.3. The molecular formula is C16H22N2O. The second-order valence-corrected chi connectivity index (χ2v) is 6.01. The first-order valence-electron chi connectivity index (χ1n) is 7.25. The van der Waals surface area contributed by atoms with E-state index < -0.39 is 0 Å². The van der Waals surface area contributed by atoms with Gasteiger partial charge in [0.1, 0.15) is 0 Å². The zero-order valence-electron chi connectivity index (χ0n) is 11.7. The van der Waals surface area contributed by atoms with Crippen molar-refractivity contribution in [1.29, 1.82) is 0 Å². The predicted octanol–water partition coefficient (Wildman–Crippen LogP) is 1.95. The van der Waals surface area contributed by atoms with Gasteiger partial charge in [-0.1, -0.05) is 30.7 Å². The smallest absolute Gasteiger partial charge is 0.223 e. The van der Waals surface area contributed by atoms with Crippen LogP contribution >= 0.6 is 0 Å². The van der Waals surface area contributed by atoms with Crippen molar-refractivity contribution in [1.82, 2.24) is 10.6 Å². The maximum atomic E-state index is 12.3. The molecule has 1 aliphatic carbocycles. The van der Waals surface area contributed by atoms with Gasteiger partial charge in [0.2, 0.25) is 5.91 Å². The fourth-order valence-corrected chi connectivity index (χ4v) is 3.08. The number of carbonyl (C=O) groups is 1. The van der Waals surface area contributed by atoms with E-state index in [4.69, 9.17) is 0 Å². The van der Waals surface area contributed by atoms with Gasteiger partial charge in [-0.2, -0.15) is 0 Å². The fourth-order valence-electron chi connectivity index (χ4n) is 3.08. The van der Waals surface area contributed by atoms with Gasteiger partial charge >= 0.3 is 0 Å². The standard InChI is InChI=1S/C16H22N2O/c1-10-3-5-14-12(7-10)4-6-15(14)18-16(19)11(2)13-8-17-9-13/h3,5,7,11,13,15,17H,4,6,8-9H2,1-2H3,(H,18,19). The first kappa shape index (κ1) is 12.7. The van der Waals surface area contributed by atoms with Crippen LogP contribution in [-0.4, -0.2) is 19.0 Å². The van der Waals surface area contributed by atoms with E-state index >= 15 is 0 Å². The molecule has 19 heavy (non-hydrogen) atoms. The highest BCUT2D eigenvalue weighted by atomic mass is 16.1. The molecule has 3 rings (SSSR count). The highest BCUT2D eigenvalue weighted by Gasteiger charge is 2.31. The molecule has 3 heteroatoms. The highest BCUT2D eigenvalue weighted by Crippen LogP contribution is 2.32. The summed E-state index contributed by atoms with van der Waals surface area (Å²) in [6, 6.07) is 6.79. The van der Waals surface area contributed by atoms with Crippen molar-refractivity contribution in [3.05, 3.63) is 34.9 Å². The number of benzene rings is 1. The zero-order valence-corrected chi connectivity index (χ0v) is 11.7. The number of carbonyl (C=O) groups excluding carboxylic acids is 1. The summed E-state index contributed by atoms with van der Waals surface area (Å²) in [6.45, 7) is 6.13. The number of fused-ring (bicyclic) bond motifs is 1. The van der Waals surface area contributed by atoms with Gasteiger partial charge in [-0.15, -0.1) is 0 Å². The van der Waals surface area contributed by atoms with Gasteiger partial charge in [-0.05, 0) is 49.9 Å². The minimum absolute atomic E-state index is 0.121. The number of hydrogen-bond acceptors (Lipinski definition) is 2. The Balaban J connectivity index is 1.67. The van der Waals surface area contributed by atoms with Crippen LogP contribution in [0.3, 0.4) is 0 Å². The summed E-state index contributed by atoms with van der Waals surface area (Å²) in [7, 11) is 0. The van der Waals surface area contributed by atoms with E-state index in [0.29, 0.717) is 5.92 Å². The highest BCUT2D eigenvalue weighted by molar-refractivity contribution is 5.79. The van der Waals surface area contributed by atoms with Crippen LogP contribution in [0.4, 0.5) is 0 Å². The first-order chi connectivity index (χ1) is 9.15. The Morgan fingerprint density at radius 2 is 2.21 bits per heavy atom. The average Bonchev–Trinajstić information content (AvgIpc) is 2.69. The number of aryl methyl sites for hydroxylation is 2. The molecule has 0 radical (unpaired) electrons. The quantitative estimate of drug-likeness (QED) is 0.870. The summed E-state index contributed by atoms with van der Waals surface area (Å²) in [4.78, 5) is 12.3. The Labute approximate surface area is 114 Å². The van der Waals surface area contributed by atoms with Crippen LogP contribution in [0.15, 0.2) is 18.2 Å². The number of hydrogen-bond donors (Lipinski definition) is 2. The number of rotatable bonds is 3. The Morgan fingerprint density at radius 3 is 2.89 bits per heavy atom. The SMILES string of the molecule is Cc1ccc2c(c1)CCC2NC(=O)C(C)C1CNC1. The predicted molar refractivity (Wildman–Crippen MR) is 75.9 cm³/mol. The molecule has 0 saturated carbocycles. The molecular weight excluding hydrogens is 236 g/mol. The monoisotopic (exact) mass is 258 g/mol. The average molecular weight is 258 g/mol. The molecule has 1 aliphatic heterocycles. The Hall–Kier alpha value is -1.35. The first-order valence-corrected chi connectivity index (χ1v) is 7.25. The Bertz CT molecular complexity index is 494. The van der Waals surface area contributed by atoms with Crippen molar-refractivity contribution >= 4 is 5.91 Å². The summed E-state index contributed by atoms with van der Waals surface area (Å²) in [5.41, 5.74) is 4.03. The molecule has 0 bridgehead atoms. The van der Waals surface area contributed by atoms with Gasteiger partial charge in [0.15, 0.2) is 0 Å². The van der Waals surface area contributed by atoms with E-state index in [0.717, 1.165) is 25.9 Å². The van der Waals surface area contributed by atoms with Gasteiger partial charge in [0.25, 0.3) is 0 Å². The Morgan fingerprint density at radius 1 is 1.42 bits per heavy atom. The third-order valence-corrected chi connectivity index (χ3v) is 4.63. The largest absolute Gasteiger partial charge is 0.349 e. The van der Waals surface area contributed by atoms with E-state index in [9.17, 15) is 4.79 Å². The molecule has 0 spiro atoms. The number of nitrogens with one attached hydrogen (secondary N) is 2. The van der Waals surface area contributed by atoms with E-state index in [2.05, 4.69) is 35.8 Å². The van der Waals surface area contributed by atoms with Gasteiger partial charge in [-0.3, -0.25) is 4.79 Å². The van der Waals surface area contributed by atoms with Crippen LogP contribution < -0.4 is 10.6 Å². The van der Waals surface area contributed by atoms with Gasteiger partial charge in [0.05, 0.1) is 6.04 Å². The van der Waals surface area contributed by atoms with Crippen molar-refractivity contribution in [2.75, 3.05) is 13.1 Å². The van der Waals surface area contributed by atoms with E-state index in [-0.39, 0.29) is 17.9 Å². The summed E-state index contributed by atoms with van der Waals surface area (Å²) in [6.07, 6.45) is 2.13. The van der Waals surface area contributed by atoms with Crippen LogP contribution in [0, 0.1) is 18.8 Å². The second kappa shape index (κ2) is 4.97. The van der Waals surface area contributed by atoms with E-state index in [1.54, 1.807) is 0 Å². The molecule has 1 fully saturated rings. The van der Waals surface area contributed by atoms with Crippen molar-refractivity contribution in [3.8, 4) is 0 Å². The van der Waals surface area contributed by atoms with Crippen LogP contribution in [0.5, 0.6) is 0 Å². The van der Waals surface area contributed by atoms with Crippen LogP contribution in [-0.2, 0) is 11.2 Å². The van der Waals surface area contributed by atoms with Gasteiger partial charge < -0.3 is 10.6 Å². The lowest BCUT2D eigenvalue weighted by atomic mass is 9.88. The van der Waals surface area contributed by atoms with E-state index in [1.807, 2.05) is 6.92 Å². The summed E-state index contributed by atoms with van der Waals surface area (Å²) >= 11 is 0. The third kappa shape index (κ3) is 2.39. The molecule has 1 aromatic carbocycles. The molecule has 2 aliphatic rings. The lowest BCUT2D eigenvalue weighted by Gasteiger charge is -2.32. The normalized spacial score (nSPS) is 23.6. The van der Waals surface area contributed by atoms with Crippen LogP contribution in [0.2, 0.25) is 0 Å². The molecule has 1 aromatic rings. The molecule has 2 atom stereocenters.